The number of hydrogen-bond donors (Lipinski definition) is 1. The summed E-state index contributed by atoms with van der Waals surface area (Å²) in [6.07, 6.45) is 1.74. The molecule has 1 N–H and O–H groups in total. The Kier molecular flexibility index (Phi) is 4.11. The van der Waals surface area contributed by atoms with Gasteiger partial charge in [-0.1, -0.05) is 52.0 Å². The molecule has 0 aliphatic heterocycles. The topological polar surface area (TPSA) is 25.2 Å². The lowest BCUT2D eigenvalue weighted by molar-refractivity contribution is 0.446. The lowest BCUT2D eigenvalue weighted by Gasteiger charge is -2.27. The van der Waals surface area contributed by atoms with Crippen LogP contribution in [-0.2, 0) is 5.41 Å². The van der Waals surface area contributed by atoms with Crippen LogP contribution in [0.1, 0.15) is 50.6 Å². The fourth-order valence-corrected chi connectivity index (χ4v) is 2.46. The van der Waals surface area contributed by atoms with E-state index in [-0.39, 0.29) is 11.5 Å². The van der Waals surface area contributed by atoms with Crippen molar-refractivity contribution in [3.8, 4) is 0 Å². The summed E-state index contributed by atoms with van der Waals surface area (Å²) in [5.41, 5.74) is 2.78. The van der Waals surface area contributed by atoms with Gasteiger partial charge in [-0.3, -0.25) is 0 Å². The van der Waals surface area contributed by atoms with Gasteiger partial charge in [0.2, 0.25) is 0 Å². The summed E-state index contributed by atoms with van der Waals surface area (Å²) >= 11 is 0. The molecule has 0 amide bonds. The van der Waals surface area contributed by atoms with Gasteiger partial charge in [-0.05, 0) is 35.2 Å². The molecule has 0 radical (unpaired) electrons. The second-order valence-electron chi connectivity index (χ2n) is 5.84. The first-order valence-electron chi connectivity index (χ1n) is 6.90. The third kappa shape index (κ3) is 3.07. The molecule has 1 heterocycles. The fourth-order valence-electron chi connectivity index (χ4n) is 2.46. The zero-order chi connectivity index (χ0) is 13.9. The summed E-state index contributed by atoms with van der Waals surface area (Å²) in [5.74, 6) is 0.971. The molecule has 2 rings (SSSR count). The maximum atomic E-state index is 5.61. The molecule has 2 nitrogen and oxygen atoms in total. The molecule has 0 fully saturated rings. The predicted molar refractivity (Wildman–Crippen MR) is 79.4 cm³/mol. The predicted octanol–water partition coefficient (Wildman–Crippen LogP) is 4.28. The lowest BCUT2D eigenvalue weighted by atomic mass is 9.81. The Balaban J connectivity index is 2.48. The highest BCUT2D eigenvalue weighted by Gasteiger charge is 2.24. The zero-order valence-corrected chi connectivity index (χ0v) is 12.2. The summed E-state index contributed by atoms with van der Waals surface area (Å²) < 4.78 is 5.61. The molecule has 1 aromatic heterocycles. The van der Waals surface area contributed by atoms with Crippen molar-refractivity contribution in [2.24, 2.45) is 0 Å². The number of benzene rings is 1. The molecular weight excluding hydrogens is 234 g/mol. The van der Waals surface area contributed by atoms with Gasteiger partial charge in [-0.15, -0.1) is 0 Å². The maximum Gasteiger partial charge on any atom is 0.125 e. The van der Waals surface area contributed by atoms with Crippen LogP contribution >= 0.6 is 0 Å². The van der Waals surface area contributed by atoms with Crippen LogP contribution in [-0.4, -0.2) is 6.54 Å². The number of hydrogen-bond acceptors (Lipinski definition) is 2. The summed E-state index contributed by atoms with van der Waals surface area (Å²) in [7, 11) is 0. The molecule has 19 heavy (non-hydrogen) atoms. The highest BCUT2D eigenvalue weighted by atomic mass is 16.3. The molecule has 1 aromatic carbocycles. The van der Waals surface area contributed by atoms with Crippen molar-refractivity contribution in [3.63, 3.8) is 0 Å². The minimum absolute atomic E-state index is 0.121. The highest BCUT2D eigenvalue weighted by molar-refractivity contribution is 5.38. The molecule has 2 heteroatoms. The molecule has 1 unspecified atom stereocenters. The van der Waals surface area contributed by atoms with Crippen LogP contribution in [0.3, 0.4) is 0 Å². The number of furan rings is 1. The molecule has 102 valence electrons. The Bertz CT molecular complexity index is 508. The van der Waals surface area contributed by atoms with E-state index in [0.29, 0.717) is 0 Å². The van der Waals surface area contributed by atoms with E-state index in [9.17, 15) is 0 Å². The van der Waals surface area contributed by atoms with Crippen LogP contribution in [0.2, 0.25) is 0 Å². The lowest BCUT2D eigenvalue weighted by Crippen LogP contribution is -2.25. The van der Waals surface area contributed by atoms with Crippen LogP contribution in [0.4, 0.5) is 0 Å². The first-order chi connectivity index (χ1) is 9.04. The smallest absolute Gasteiger partial charge is 0.125 e. The third-order valence-corrected chi connectivity index (χ3v) is 3.32. The number of nitrogens with one attached hydrogen (secondary N) is 1. The molecule has 0 bridgehead atoms. The van der Waals surface area contributed by atoms with Crippen molar-refractivity contribution < 1.29 is 4.42 Å². The molecule has 2 aromatic rings. The maximum absolute atomic E-state index is 5.61. The van der Waals surface area contributed by atoms with Crippen molar-refractivity contribution in [1.82, 2.24) is 5.32 Å². The van der Waals surface area contributed by atoms with Crippen molar-refractivity contribution in [3.05, 3.63) is 59.5 Å². The van der Waals surface area contributed by atoms with Gasteiger partial charge in [0.15, 0.2) is 0 Å². The van der Waals surface area contributed by atoms with E-state index < -0.39 is 0 Å². The van der Waals surface area contributed by atoms with Crippen LogP contribution in [0.25, 0.3) is 0 Å². The van der Waals surface area contributed by atoms with Crippen LogP contribution in [0.5, 0.6) is 0 Å². The van der Waals surface area contributed by atoms with Crippen LogP contribution in [0.15, 0.2) is 47.1 Å². The standard InChI is InChI=1S/C17H23NO/c1-5-18-16(15-11-8-12-19-15)13-9-6-7-10-14(13)17(2,3)4/h6-12,16,18H,5H2,1-4H3. The first kappa shape index (κ1) is 13.9. The van der Waals surface area contributed by atoms with E-state index in [1.165, 1.54) is 11.1 Å². The Hall–Kier alpha value is -1.54. The molecule has 0 spiro atoms. The molecular formula is C17H23NO. The third-order valence-electron chi connectivity index (χ3n) is 3.32. The summed E-state index contributed by atoms with van der Waals surface area (Å²) in [6.45, 7) is 9.77. The highest BCUT2D eigenvalue weighted by Crippen LogP contribution is 2.32. The Labute approximate surface area is 115 Å². The fraction of sp³-hybridized carbons (Fsp3) is 0.412. The summed E-state index contributed by atoms with van der Waals surface area (Å²) in [4.78, 5) is 0. The van der Waals surface area contributed by atoms with E-state index in [4.69, 9.17) is 4.42 Å². The summed E-state index contributed by atoms with van der Waals surface area (Å²) in [5, 5.41) is 3.52. The van der Waals surface area contributed by atoms with Gasteiger partial charge < -0.3 is 9.73 Å². The second kappa shape index (κ2) is 5.62. The number of rotatable bonds is 4. The van der Waals surface area contributed by atoms with E-state index in [0.717, 1.165) is 12.3 Å². The van der Waals surface area contributed by atoms with Gasteiger partial charge >= 0.3 is 0 Å². The van der Waals surface area contributed by atoms with Crippen LogP contribution in [0, 0.1) is 0 Å². The monoisotopic (exact) mass is 257 g/mol. The Morgan fingerprint density at radius 3 is 2.42 bits per heavy atom. The van der Waals surface area contributed by atoms with Gasteiger partial charge in [0.25, 0.3) is 0 Å². The van der Waals surface area contributed by atoms with E-state index in [2.05, 4.69) is 57.3 Å². The van der Waals surface area contributed by atoms with E-state index in [1.807, 2.05) is 12.1 Å². The minimum Gasteiger partial charge on any atom is -0.467 e. The van der Waals surface area contributed by atoms with Gasteiger partial charge in [0.1, 0.15) is 5.76 Å². The summed E-state index contributed by atoms with van der Waals surface area (Å²) in [6, 6.07) is 12.7. The Morgan fingerprint density at radius 2 is 1.84 bits per heavy atom. The van der Waals surface area contributed by atoms with Gasteiger partial charge in [0, 0.05) is 0 Å². The van der Waals surface area contributed by atoms with Gasteiger partial charge in [-0.2, -0.15) is 0 Å². The van der Waals surface area contributed by atoms with Crippen molar-refractivity contribution >= 4 is 0 Å². The van der Waals surface area contributed by atoms with Crippen molar-refractivity contribution in [1.29, 1.82) is 0 Å². The Morgan fingerprint density at radius 1 is 1.11 bits per heavy atom. The zero-order valence-electron chi connectivity index (χ0n) is 12.2. The molecule has 1 atom stereocenters. The first-order valence-corrected chi connectivity index (χ1v) is 6.90. The van der Waals surface area contributed by atoms with Crippen molar-refractivity contribution in [2.45, 2.75) is 39.2 Å². The second-order valence-corrected chi connectivity index (χ2v) is 5.84. The van der Waals surface area contributed by atoms with Gasteiger partial charge in [0.05, 0.1) is 12.3 Å². The molecule has 0 aliphatic rings. The quantitative estimate of drug-likeness (QED) is 0.884. The van der Waals surface area contributed by atoms with E-state index in [1.54, 1.807) is 6.26 Å². The van der Waals surface area contributed by atoms with Crippen LogP contribution < -0.4 is 5.32 Å². The van der Waals surface area contributed by atoms with E-state index >= 15 is 0 Å². The average Bonchev–Trinajstić information content (AvgIpc) is 2.88. The average molecular weight is 257 g/mol. The molecule has 0 saturated heterocycles. The SMILES string of the molecule is CCNC(c1ccco1)c1ccccc1C(C)(C)C. The van der Waals surface area contributed by atoms with Crippen molar-refractivity contribution in [2.75, 3.05) is 6.54 Å². The molecule has 0 saturated carbocycles. The largest absolute Gasteiger partial charge is 0.467 e. The minimum atomic E-state index is 0.121. The molecule has 0 aliphatic carbocycles. The normalized spacial score (nSPS) is 13.5. The van der Waals surface area contributed by atoms with Gasteiger partial charge in [-0.25, -0.2) is 0 Å².